The van der Waals surface area contributed by atoms with E-state index in [0.29, 0.717) is 55.1 Å². The van der Waals surface area contributed by atoms with Crippen LogP contribution < -0.4 is 19.9 Å². The Balaban J connectivity index is 1.77. The predicted molar refractivity (Wildman–Crippen MR) is 136 cm³/mol. The van der Waals surface area contributed by atoms with Gasteiger partial charge in [0.05, 0.1) is 36.6 Å². The summed E-state index contributed by atoms with van der Waals surface area (Å²) in [6, 6.07) is 10.3. The van der Waals surface area contributed by atoms with Crippen molar-refractivity contribution < 1.29 is 23.0 Å². The number of rotatable bonds is 6. The zero-order valence-corrected chi connectivity index (χ0v) is 21.3. The average molecular weight is 512 g/mol. The first-order chi connectivity index (χ1) is 17.2. The zero-order valence-electron chi connectivity index (χ0n) is 20.5. The summed E-state index contributed by atoms with van der Waals surface area (Å²) in [5.41, 5.74) is 3.44. The number of benzene rings is 2. The van der Waals surface area contributed by atoms with Gasteiger partial charge in [0.2, 0.25) is 0 Å². The van der Waals surface area contributed by atoms with Gasteiger partial charge in [0.1, 0.15) is 11.5 Å². The number of hydrogen-bond acceptors (Lipinski definition) is 8. The molecule has 2 aromatic carbocycles. The molecule has 1 fully saturated rings. The summed E-state index contributed by atoms with van der Waals surface area (Å²) in [5.74, 6) is 1.17. The molecule has 190 valence electrons. The second-order valence-corrected chi connectivity index (χ2v) is 11.3. The minimum absolute atomic E-state index is 0.0210. The summed E-state index contributed by atoms with van der Waals surface area (Å²) in [7, 11) is -0.538. The van der Waals surface area contributed by atoms with Crippen LogP contribution in [0.5, 0.6) is 11.5 Å². The maximum absolute atomic E-state index is 13.7. The molecule has 2 heterocycles. The minimum atomic E-state index is -3.67. The van der Waals surface area contributed by atoms with Crippen LogP contribution in [0.2, 0.25) is 0 Å². The number of β-amino-alcohol motifs (C(OH)–C–C–N with tert-alkyl or cyclic N) is 1. The molecule has 5 rings (SSSR count). The Bertz CT molecular complexity index is 1480. The van der Waals surface area contributed by atoms with Gasteiger partial charge >= 0.3 is 0 Å². The standard InChI is InChI=1S/C26H29N3O6S/c1-34-19-11-16(12-20(14-19)35-2)25-21-5-4-6-22(21)26(31)29(27-25)23-13-17(28-10-9-18(30)15-28)7-8-24(23)36(3,32)33/h7-8,11-14,18,30H,4-6,9-10,15H2,1-3H3. The fourth-order valence-electron chi connectivity index (χ4n) is 5.07. The molecule has 36 heavy (non-hydrogen) atoms. The SMILES string of the molecule is COc1cc(OC)cc(-c2nn(-c3cc(N4CCC(O)C4)ccc3S(C)(=O)=O)c(=O)c3c2CCC3)c1. The molecular weight excluding hydrogens is 482 g/mol. The fourth-order valence-corrected chi connectivity index (χ4v) is 5.91. The second kappa shape index (κ2) is 9.25. The van der Waals surface area contributed by atoms with Crippen LogP contribution in [-0.4, -0.2) is 63.0 Å². The first-order valence-corrected chi connectivity index (χ1v) is 13.7. The summed E-state index contributed by atoms with van der Waals surface area (Å²) in [6.45, 7) is 1.08. The van der Waals surface area contributed by atoms with Crippen molar-refractivity contribution in [2.24, 2.45) is 0 Å². The smallest absolute Gasteiger partial charge is 0.275 e. The lowest BCUT2D eigenvalue weighted by Crippen LogP contribution is -2.28. The molecular formula is C26H29N3O6S. The molecule has 1 aliphatic carbocycles. The largest absolute Gasteiger partial charge is 0.497 e. The molecule has 10 heteroatoms. The molecule has 0 bridgehead atoms. The summed E-state index contributed by atoms with van der Waals surface area (Å²) >= 11 is 0. The van der Waals surface area contributed by atoms with Gasteiger partial charge in [0.25, 0.3) is 5.56 Å². The van der Waals surface area contributed by atoms with E-state index in [9.17, 15) is 18.3 Å². The molecule has 0 spiro atoms. The van der Waals surface area contributed by atoms with E-state index in [2.05, 4.69) is 0 Å². The molecule has 1 atom stereocenters. The number of aliphatic hydroxyl groups excluding tert-OH is 1. The molecule has 1 unspecified atom stereocenters. The normalized spacial score (nSPS) is 17.3. The van der Waals surface area contributed by atoms with Gasteiger partial charge in [-0.05, 0) is 61.6 Å². The van der Waals surface area contributed by atoms with Crippen LogP contribution in [0.25, 0.3) is 16.9 Å². The van der Waals surface area contributed by atoms with E-state index in [-0.39, 0.29) is 16.1 Å². The number of anilines is 1. The van der Waals surface area contributed by atoms with Gasteiger partial charge in [-0.3, -0.25) is 4.79 Å². The third kappa shape index (κ3) is 4.35. The Morgan fingerprint density at radius 2 is 1.72 bits per heavy atom. The highest BCUT2D eigenvalue weighted by Gasteiger charge is 2.28. The van der Waals surface area contributed by atoms with Crippen LogP contribution >= 0.6 is 0 Å². The van der Waals surface area contributed by atoms with E-state index in [1.807, 2.05) is 17.0 Å². The lowest BCUT2D eigenvalue weighted by Gasteiger charge is -2.21. The molecule has 0 saturated carbocycles. The average Bonchev–Trinajstić information content (AvgIpc) is 3.53. The van der Waals surface area contributed by atoms with Gasteiger partial charge in [-0.15, -0.1) is 0 Å². The third-order valence-corrected chi connectivity index (χ3v) is 8.02. The highest BCUT2D eigenvalue weighted by molar-refractivity contribution is 7.90. The van der Waals surface area contributed by atoms with Crippen molar-refractivity contribution >= 4 is 15.5 Å². The Morgan fingerprint density at radius 3 is 2.33 bits per heavy atom. The van der Waals surface area contributed by atoms with Crippen LogP contribution in [0.15, 0.2) is 46.1 Å². The van der Waals surface area contributed by atoms with Gasteiger partial charge in [-0.2, -0.15) is 9.78 Å². The van der Waals surface area contributed by atoms with Crippen molar-refractivity contribution in [3.8, 4) is 28.4 Å². The van der Waals surface area contributed by atoms with E-state index >= 15 is 0 Å². The molecule has 0 amide bonds. The molecule has 9 nitrogen and oxygen atoms in total. The van der Waals surface area contributed by atoms with Crippen LogP contribution in [0, 0.1) is 0 Å². The van der Waals surface area contributed by atoms with E-state index in [1.54, 1.807) is 32.4 Å². The van der Waals surface area contributed by atoms with E-state index < -0.39 is 15.9 Å². The minimum Gasteiger partial charge on any atom is -0.497 e. The maximum atomic E-state index is 13.7. The van der Waals surface area contributed by atoms with Crippen molar-refractivity contribution in [1.29, 1.82) is 0 Å². The summed E-state index contributed by atoms with van der Waals surface area (Å²) < 4.78 is 37.6. The Kier molecular flexibility index (Phi) is 6.25. The number of hydrogen-bond donors (Lipinski definition) is 1. The number of sulfone groups is 1. The Labute approximate surface area is 209 Å². The molecule has 1 saturated heterocycles. The monoisotopic (exact) mass is 511 g/mol. The van der Waals surface area contributed by atoms with Gasteiger partial charge in [0.15, 0.2) is 9.84 Å². The highest BCUT2D eigenvalue weighted by atomic mass is 32.2. The van der Waals surface area contributed by atoms with Crippen molar-refractivity contribution in [3.05, 3.63) is 57.9 Å². The van der Waals surface area contributed by atoms with Gasteiger partial charge in [-0.25, -0.2) is 8.42 Å². The lowest BCUT2D eigenvalue weighted by atomic mass is 10.0. The number of aromatic nitrogens is 2. The van der Waals surface area contributed by atoms with Crippen LogP contribution in [0.3, 0.4) is 0 Å². The summed E-state index contributed by atoms with van der Waals surface area (Å²) in [5, 5.41) is 14.8. The molecule has 1 aliphatic heterocycles. The molecule has 1 N–H and O–H groups in total. The quantitative estimate of drug-likeness (QED) is 0.537. The number of aliphatic hydroxyl groups is 1. The van der Waals surface area contributed by atoms with Crippen LogP contribution in [-0.2, 0) is 22.7 Å². The molecule has 1 aromatic heterocycles. The van der Waals surface area contributed by atoms with Gasteiger partial charge in [0, 0.05) is 42.2 Å². The number of methoxy groups -OCH3 is 2. The third-order valence-electron chi connectivity index (χ3n) is 6.88. The predicted octanol–water partition coefficient (Wildman–Crippen LogP) is 2.38. The Hall–Kier alpha value is -3.37. The van der Waals surface area contributed by atoms with Crippen molar-refractivity contribution in [2.45, 2.75) is 36.7 Å². The molecule has 2 aliphatic rings. The van der Waals surface area contributed by atoms with E-state index in [4.69, 9.17) is 14.6 Å². The van der Waals surface area contributed by atoms with Crippen molar-refractivity contribution in [3.63, 3.8) is 0 Å². The van der Waals surface area contributed by atoms with Gasteiger partial charge < -0.3 is 19.5 Å². The van der Waals surface area contributed by atoms with E-state index in [0.717, 1.165) is 29.5 Å². The second-order valence-electron chi connectivity index (χ2n) is 9.29. The molecule has 0 radical (unpaired) electrons. The lowest BCUT2D eigenvalue weighted by molar-refractivity contribution is 0.198. The zero-order chi connectivity index (χ0) is 25.6. The number of fused-ring (bicyclic) bond motifs is 1. The Morgan fingerprint density at radius 1 is 1.03 bits per heavy atom. The topological polar surface area (TPSA) is 111 Å². The van der Waals surface area contributed by atoms with Gasteiger partial charge in [-0.1, -0.05) is 0 Å². The number of nitrogens with zero attached hydrogens (tertiary/aromatic N) is 3. The first-order valence-electron chi connectivity index (χ1n) is 11.9. The molecule has 3 aromatic rings. The number of ether oxygens (including phenoxy) is 2. The highest BCUT2D eigenvalue weighted by Crippen LogP contribution is 2.35. The first kappa shape index (κ1) is 24.3. The van der Waals surface area contributed by atoms with Crippen molar-refractivity contribution in [2.75, 3.05) is 38.5 Å². The maximum Gasteiger partial charge on any atom is 0.275 e. The van der Waals surface area contributed by atoms with Crippen LogP contribution in [0.4, 0.5) is 5.69 Å². The summed E-state index contributed by atoms with van der Waals surface area (Å²) in [6.07, 6.45) is 3.42. The summed E-state index contributed by atoms with van der Waals surface area (Å²) in [4.78, 5) is 15.7. The van der Waals surface area contributed by atoms with Crippen LogP contribution in [0.1, 0.15) is 24.0 Å². The fraction of sp³-hybridized carbons (Fsp3) is 0.385. The van der Waals surface area contributed by atoms with Crippen molar-refractivity contribution in [1.82, 2.24) is 9.78 Å². The van der Waals surface area contributed by atoms with E-state index in [1.165, 1.54) is 10.7 Å².